The van der Waals surface area contributed by atoms with E-state index in [1.807, 2.05) is 48.5 Å². The fraction of sp³-hybridized carbons (Fsp3) is 0.280. The van der Waals surface area contributed by atoms with Gasteiger partial charge in [-0.05, 0) is 54.6 Å². The Labute approximate surface area is 181 Å². The van der Waals surface area contributed by atoms with Crippen molar-refractivity contribution in [2.24, 2.45) is 5.92 Å². The summed E-state index contributed by atoms with van der Waals surface area (Å²) >= 11 is 0. The number of carbonyl (C=O) groups excluding carboxylic acids is 2. The van der Waals surface area contributed by atoms with Gasteiger partial charge in [0.1, 0.15) is 11.5 Å². The third kappa shape index (κ3) is 4.33. The third-order valence-corrected chi connectivity index (χ3v) is 5.77. The Balaban J connectivity index is 1.50. The number of likely N-dealkylation sites (tertiary alicyclic amines) is 1. The highest BCUT2D eigenvalue weighted by molar-refractivity contribution is 6.08. The summed E-state index contributed by atoms with van der Waals surface area (Å²) in [5.41, 5.74) is 1.35. The lowest BCUT2D eigenvalue weighted by Crippen LogP contribution is -2.43. The van der Waals surface area contributed by atoms with Crippen molar-refractivity contribution in [1.82, 2.24) is 4.90 Å². The molecule has 0 spiro atoms. The molecule has 1 N–H and O–H groups in total. The molecule has 0 radical (unpaired) electrons. The molecule has 0 saturated carbocycles. The van der Waals surface area contributed by atoms with Crippen molar-refractivity contribution >= 4 is 28.3 Å². The number of amides is 2. The highest BCUT2D eigenvalue weighted by atomic mass is 16.5. The molecule has 1 heterocycles. The predicted molar refractivity (Wildman–Crippen MR) is 121 cm³/mol. The Bertz CT molecular complexity index is 1090. The van der Waals surface area contributed by atoms with Gasteiger partial charge in [-0.1, -0.05) is 24.3 Å². The molecular weight excluding hydrogens is 392 g/mol. The van der Waals surface area contributed by atoms with Crippen LogP contribution in [0.25, 0.3) is 10.8 Å². The minimum absolute atomic E-state index is 0.0548. The van der Waals surface area contributed by atoms with E-state index in [9.17, 15) is 9.59 Å². The lowest BCUT2D eigenvalue weighted by Gasteiger charge is -2.32. The van der Waals surface area contributed by atoms with E-state index in [0.717, 1.165) is 40.8 Å². The number of hydrogen-bond donors (Lipinski definition) is 1. The van der Waals surface area contributed by atoms with E-state index < -0.39 is 0 Å². The number of methoxy groups -OCH3 is 2. The number of carbonyl (C=O) groups is 2. The van der Waals surface area contributed by atoms with Gasteiger partial charge in [0, 0.05) is 29.7 Å². The van der Waals surface area contributed by atoms with Gasteiger partial charge in [-0.2, -0.15) is 0 Å². The van der Waals surface area contributed by atoms with Gasteiger partial charge in [0.15, 0.2) is 0 Å². The minimum Gasteiger partial charge on any atom is -0.497 e. The van der Waals surface area contributed by atoms with Crippen LogP contribution in [-0.4, -0.2) is 44.0 Å². The molecule has 0 bridgehead atoms. The largest absolute Gasteiger partial charge is 0.497 e. The fourth-order valence-corrected chi connectivity index (χ4v) is 4.10. The van der Waals surface area contributed by atoms with Crippen LogP contribution < -0.4 is 14.8 Å². The van der Waals surface area contributed by atoms with Crippen molar-refractivity contribution < 1.29 is 19.1 Å². The lowest BCUT2D eigenvalue weighted by molar-refractivity contribution is -0.121. The van der Waals surface area contributed by atoms with Crippen molar-refractivity contribution in [2.75, 3.05) is 32.6 Å². The van der Waals surface area contributed by atoms with Gasteiger partial charge < -0.3 is 19.7 Å². The Morgan fingerprint density at radius 3 is 2.39 bits per heavy atom. The summed E-state index contributed by atoms with van der Waals surface area (Å²) in [5, 5.41) is 4.72. The van der Waals surface area contributed by atoms with Crippen LogP contribution in [-0.2, 0) is 4.79 Å². The van der Waals surface area contributed by atoms with Gasteiger partial charge in [-0.25, -0.2) is 0 Å². The number of anilines is 1. The number of nitrogens with one attached hydrogen (secondary N) is 1. The second-order valence-electron chi connectivity index (χ2n) is 7.67. The number of benzene rings is 3. The molecule has 2 amide bonds. The molecule has 1 atom stereocenters. The molecule has 31 heavy (non-hydrogen) atoms. The summed E-state index contributed by atoms with van der Waals surface area (Å²) in [7, 11) is 3.23. The highest BCUT2D eigenvalue weighted by Gasteiger charge is 2.29. The monoisotopic (exact) mass is 418 g/mol. The van der Waals surface area contributed by atoms with Crippen LogP contribution in [0, 0.1) is 5.92 Å². The maximum atomic E-state index is 13.3. The molecule has 3 aromatic carbocycles. The van der Waals surface area contributed by atoms with Crippen molar-refractivity contribution in [1.29, 1.82) is 0 Å². The first kappa shape index (κ1) is 20.7. The lowest BCUT2D eigenvalue weighted by atomic mass is 9.95. The Hall–Kier alpha value is -3.54. The standard InChI is InChI=1S/C25H26N2O4/c1-30-19-11-9-18(10-12-19)26-24(28)17-6-5-15-27(16-17)25(29)22-13-14-23(31-2)21-8-4-3-7-20(21)22/h3-4,7-14,17H,5-6,15-16H2,1-2H3,(H,26,28). The summed E-state index contributed by atoms with van der Waals surface area (Å²) in [5.74, 6) is 1.11. The first-order valence-corrected chi connectivity index (χ1v) is 10.4. The van der Waals surface area contributed by atoms with Crippen LogP contribution >= 0.6 is 0 Å². The maximum Gasteiger partial charge on any atom is 0.254 e. The molecule has 6 nitrogen and oxygen atoms in total. The maximum absolute atomic E-state index is 13.3. The smallest absolute Gasteiger partial charge is 0.254 e. The van der Waals surface area contributed by atoms with Crippen LogP contribution in [0.5, 0.6) is 11.5 Å². The van der Waals surface area contributed by atoms with Crippen LogP contribution in [0.4, 0.5) is 5.69 Å². The molecule has 0 aromatic heterocycles. The highest BCUT2D eigenvalue weighted by Crippen LogP contribution is 2.30. The molecule has 1 fully saturated rings. The first-order valence-electron chi connectivity index (χ1n) is 10.4. The number of nitrogens with zero attached hydrogens (tertiary/aromatic N) is 1. The van der Waals surface area contributed by atoms with E-state index in [0.29, 0.717) is 18.7 Å². The minimum atomic E-state index is -0.246. The first-order chi connectivity index (χ1) is 15.1. The zero-order valence-electron chi connectivity index (χ0n) is 17.8. The summed E-state index contributed by atoms with van der Waals surface area (Å²) < 4.78 is 10.6. The van der Waals surface area contributed by atoms with E-state index in [2.05, 4.69) is 5.32 Å². The Kier molecular flexibility index (Phi) is 6.07. The number of rotatable bonds is 5. The average Bonchev–Trinajstić information content (AvgIpc) is 2.83. The fourth-order valence-electron chi connectivity index (χ4n) is 4.10. The van der Waals surface area contributed by atoms with Gasteiger partial charge in [0.05, 0.1) is 20.1 Å². The molecule has 1 saturated heterocycles. The zero-order chi connectivity index (χ0) is 21.8. The molecule has 4 rings (SSSR count). The summed E-state index contributed by atoms with van der Waals surface area (Å²) in [6.07, 6.45) is 1.55. The predicted octanol–water partition coefficient (Wildman–Crippen LogP) is 4.35. The van der Waals surface area contributed by atoms with E-state index in [1.54, 1.807) is 31.3 Å². The van der Waals surface area contributed by atoms with Crippen LogP contribution in [0.2, 0.25) is 0 Å². The number of fused-ring (bicyclic) bond motifs is 1. The summed E-state index contributed by atoms with van der Waals surface area (Å²) in [6, 6.07) is 18.6. The molecule has 1 aliphatic rings. The van der Waals surface area contributed by atoms with Gasteiger partial charge in [-0.15, -0.1) is 0 Å². The van der Waals surface area contributed by atoms with E-state index in [1.165, 1.54) is 0 Å². The van der Waals surface area contributed by atoms with E-state index in [-0.39, 0.29) is 17.7 Å². The summed E-state index contributed by atoms with van der Waals surface area (Å²) in [6.45, 7) is 1.05. The molecule has 1 aliphatic heterocycles. The zero-order valence-corrected chi connectivity index (χ0v) is 17.8. The van der Waals surface area contributed by atoms with Crippen molar-refractivity contribution in [2.45, 2.75) is 12.8 Å². The average molecular weight is 418 g/mol. The SMILES string of the molecule is COc1ccc(NC(=O)C2CCCN(C(=O)c3ccc(OC)c4ccccc34)C2)cc1. The van der Waals surface area contributed by atoms with Crippen molar-refractivity contribution in [3.8, 4) is 11.5 Å². The topological polar surface area (TPSA) is 67.9 Å². The van der Waals surface area contributed by atoms with Crippen LogP contribution in [0.3, 0.4) is 0 Å². The molecule has 6 heteroatoms. The molecule has 0 aliphatic carbocycles. The van der Waals surface area contributed by atoms with Crippen LogP contribution in [0.1, 0.15) is 23.2 Å². The van der Waals surface area contributed by atoms with Crippen molar-refractivity contribution in [3.05, 3.63) is 66.2 Å². The van der Waals surface area contributed by atoms with Gasteiger partial charge in [0.2, 0.25) is 5.91 Å². The quantitative estimate of drug-likeness (QED) is 0.669. The number of ether oxygens (including phenoxy) is 2. The Morgan fingerprint density at radius 1 is 0.935 bits per heavy atom. The van der Waals surface area contributed by atoms with Crippen molar-refractivity contribution in [3.63, 3.8) is 0 Å². The third-order valence-electron chi connectivity index (χ3n) is 5.77. The second-order valence-corrected chi connectivity index (χ2v) is 7.67. The molecule has 160 valence electrons. The van der Waals surface area contributed by atoms with Crippen LogP contribution in [0.15, 0.2) is 60.7 Å². The van der Waals surface area contributed by atoms with E-state index >= 15 is 0 Å². The molecule has 3 aromatic rings. The van der Waals surface area contributed by atoms with Gasteiger partial charge in [0.25, 0.3) is 5.91 Å². The van der Waals surface area contributed by atoms with Gasteiger partial charge >= 0.3 is 0 Å². The second kappa shape index (κ2) is 9.08. The normalized spacial score (nSPS) is 16.1. The molecule has 1 unspecified atom stereocenters. The number of piperidine rings is 1. The van der Waals surface area contributed by atoms with E-state index in [4.69, 9.17) is 9.47 Å². The molecular formula is C25H26N2O4. The Morgan fingerprint density at radius 2 is 1.68 bits per heavy atom. The number of hydrogen-bond acceptors (Lipinski definition) is 4. The summed E-state index contributed by atoms with van der Waals surface area (Å²) in [4.78, 5) is 28.0. The van der Waals surface area contributed by atoms with Gasteiger partial charge in [-0.3, -0.25) is 9.59 Å².